The molecule has 1 atom stereocenters. The summed E-state index contributed by atoms with van der Waals surface area (Å²) in [5.41, 5.74) is 1.12. The molecule has 1 aromatic carbocycles. The minimum atomic E-state index is -0.245. The summed E-state index contributed by atoms with van der Waals surface area (Å²) in [6, 6.07) is 13.6. The molecule has 2 nitrogen and oxygen atoms in total. The van der Waals surface area contributed by atoms with Gasteiger partial charge < -0.3 is 0 Å². The van der Waals surface area contributed by atoms with Crippen LogP contribution in [0, 0.1) is 11.3 Å². The second-order valence-corrected chi connectivity index (χ2v) is 5.00. The van der Waals surface area contributed by atoms with Gasteiger partial charge >= 0.3 is 0 Å². The predicted molar refractivity (Wildman–Crippen MR) is 71.0 cm³/mol. The Labute approximate surface area is 109 Å². The molecular weight excluding hydrogens is 252 g/mol. The SMILES string of the molecule is N#CC(NCc1ccc(Cl)cc1)c1cccs1. The monoisotopic (exact) mass is 262 g/mol. The van der Waals surface area contributed by atoms with Crippen molar-refractivity contribution in [3.63, 3.8) is 0 Å². The lowest BCUT2D eigenvalue weighted by Crippen LogP contribution is -2.18. The first-order chi connectivity index (χ1) is 8.29. The van der Waals surface area contributed by atoms with E-state index in [-0.39, 0.29) is 6.04 Å². The summed E-state index contributed by atoms with van der Waals surface area (Å²) < 4.78 is 0. The van der Waals surface area contributed by atoms with Gasteiger partial charge in [-0.1, -0.05) is 29.8 Å². The maximum atomic E-state index is 9.09. The average molecular weight is 263 g/mol. The Bertz CT molecular complexity index is 499. The van der Waals surface area contributed by atoms with Gasteiger partial charge in [-0.3, -0.25) is 5.32 Å². The van der Waals surface area contributed by atoms with E-state index in [1.54, 1.807) is 11.3 Å². The minimum absolute atomic E-state index is 0.245. The highest BCUT2D eigenvalue weighted by Gasteiger charge is 2.10. The predicted octanol–water partition coefficient (Wildman–Crippen LogP) is 3.76. The van der Waals surface area contributed by atoms with Crippen molar-refractivity contribution in [3.05, 3.63) is 57.2 Å². The molecule has 0 spiro atoms. The molecule has 1 N–H and O–H groups in total. The van der Waals surface area contributed by atoms with E-state index < -0.39 is 0 Å². The smallest absolute Gasteiger partial charge is 0.130 e. The molecule has 86 valence electrons. The van der Waals surface area contributed by atoms with Crippen molar-refractivity contribution in [2.75, 3.05) is 0 Å². The average Bonchev–Trinajstić information content (AvgIpc) is 2.86. The summed E-state index contributed by atoms with van der Waals surface area (Å²) in [6.07, 6.45) is 0. The van der Waals surface area contributed by atoms with Gasteiger partial charge in [0.2, 0.25) is 0 Å². The van der Waals surface area contributed by atoms with E-state index in [4.69, 9.17) is 16.9 Å². The van der Waals surface area contributed by atoms with Crippen LogP contribution in [0.2, 0.25) is 5.02 Å². The van der Waals surface area contributed by atoms with Crippen molar-refractivity contribution in [1.82, 2.24) is 5.32 Å². The second kappa shape index (κ2) is 5.83. The van der Waals surface area contributed by atoms with Gasteiger partial charge in [-0.25, -0.2) is 0 Å². The van der Waals surface area contributed by atoms with E-state index in [2.05, 4.69) is 11.4 Å². The summed E-state index contributed by atoms with van der Waals surface area (Å²) in [5, 5.41) is 15.0. The molecule has 0 aliphatic rings. The van der Waals surface area contributed by atoms with Crippen LogP contribution in [0.5, 0.6) is 0 Å². The molecule has 0 aliphatic heterocycles. The molecule has 0 saturated carbocycles. The summed E-state index contributed by atoms with van der Waals surface area (Å²) in [4.78, 5) is 1.04. The van der Waals surface area contributed by atoms with Crippen molar-refractivity contribution in [3.8, 4) is 6.07 Å². The van der Waals surface area contributed by atoms with E-state index in [0.29, 0.717) is 6.54 Å². The van der Waals surface area contributed by atoms with Crippen molar-refractivity contribution in [2.24, 2.45) is 0 Å². The number of thiophene rings is 1. The van der Waals surface area contributed by atoms with Crippen LogP contribution in [0.1, 0.15) is 16.5 Å². The first-order valence-electron chi connectivity index (χ1n) is 5.20. The summed E-state index contributed by atoms with van der Waals surface area (Å²) in [5.74, 6) is 0. The molecule has 0 fully saturated rings. The Morgan fingerprint density at radius 1 is 1.29 bits per heavy atom. The lowest BCUT2D eigenvalue weighted by Gasteiger charge is -2.09. The van der Waals surface area contributed by atoms with Crippen LogP contribution in [0.3, 0.4) is 0 Å². The number of nitriles is 1. The van der Waals surface area contributed by atoms with Gasteiger partial charge in [0.05, 0.1) is 6.07 Å². The zero-order chi connectivity index (χ0) is 12.1. The number of halogens is 1. The first kappa shape index (κ1) is 12.1. The number of rotatable bonds is 4. The van der Waals surface area contributed by atoms with E-state index >= 15 is 0 Å². The highest BCUT2D eigenvalue weighted by Crippen LogP contribution is 2.18. The maximum Gasteiger partial charge on any atom is 0.130 e. The molecule has 0 aliphatic carbocycles. The second-order valence-electron chi connectivity index (χ2n) is 3.58. The van der Waals surface area contributed by atoms with Crippen molar-refractivity contribution in [2.45, 2.75) is 12.6 Å². The summed E-state index contributed by atoms with van der Waals surface area (Å²) >= 11 is 7.40. The van der Waals surface area contributed by atoms with Gasteiger partial charge in [0.15, 0.2) is 0 Å². The third-order valence-electron chi connectivity index (χ3n) is 2.38. The molecule has 4 heteroatoms. The van der Waals surface area contributed by atoms with Crippen LogP contribution < -0.4 is 5.32 Å². The Morgan fingerprint density at radius 2 is 2.06 bits per heavy atom. The van der Waals surface area contributed by atoms with E-state index in [0.717, 1.165) is 15.5 Å². The third kappa shape index (κ3) is 3.31. The van der Waals surface area contributed by atoms with Crippen LogP contribution in [0.4, 0.5) is 0 Å². The fourth-order valence-electron chi connectivity index (χ4n) is 1.49. The van der Waals surface area contributed by atoms with Crippen LogP contribution >= 0.6 is 22.9 Å². The highest BCUT2D eigenvalue weighted by molar-refractivity contribution is 7.10. The largest absolute Gasteiger partial charge is 0.293 e. The zero-order valence-electron chi connectivity index (χ0n) is 9.06. The van der Waals surface area contributed by atoms with E-state index in [9.17, 15) is 0 Å². The topological polar surface area (TPSA) is 35.8 Å². The van der Waals surface area contributed by atoms with Gasteiger partial charge in [-0.05, 0) is 29.1 Å². The van der Waals surface area contributed by atoms with Gasteiger partial charge in [0.1, 0.15) is 6.04 Å². The van der Waals surface area contributed by atoms with Crippen LogP contribution in [-0.2, 0) is 6.54 Å². The molecule has 1 unspecified atom stereocenters. The lowest BCUT2D eigenvalue weighted by atomic mass is 10.2. The number of nitrogens with one attached hydrogen (secondary N) is 1. The third-order valence-corrected chi connectivity index (χ3v) is 3.57. The van der Waals surface area contributed by atoms with Crippen molar-refractivity contribution >= 4 is 22.9 Å². The van der Waals surface area contributed by atoms with Crippen molar-refractivity contribution in [1.29, 1.82) is 5.26 Å². The van der Waals surface area contributed by atoms with Crippen LogP contribution in [0.15, 0.2) is 41.8 Å². The molecule has 1 aromatic heterocycles. The highest BCUT2D eigenvalue weighted by atomic mass is 35.5. The first-order valence-corrected chi connectivity index (χ1v) is 6.46. The Morgan fingerprint density at radius 3 is 2.65 bits per heavy atom. The zero-order valence-corrected chi connectivity index (χ0v) is 10.6. The molecule has 2 rings (SSSR count). The molecule has 0 bridgehead atoms. The van der Waals surface area contributed by atoms with Crippen LogP contribution in [0.25, 0.3) is 0 Å². The van der Waals surface area contributed by atoms with Crippen LogP contribution in [-0.4, -0.2) is 0 Å². The summed E-state index contributed by atoms with van der Waals surface area (Å²) in [6.45, 7) is 0.660. The number of nitrogens with zero attached hydrogens (tertiary/aromatic N) is 1. The van der Waals surface area contributed by atoms with Gasteiger partial charge in [0.25, 0.3) is 0 Å². The molecule has 17 heavy (non-hydrogen) atoms. The summed E-state index contributed by atoms with van der Waals surface area (Å²) in [7, 11) is 0. The Balaban J connectivity index is 1.97. The lowest BCUT2D eigenvalue weighted by molar-refractivity contribution is 0.638. The standard InChI is InChI=1S/C13H11ClN2S/c14-11-5-3-10(4-6-11)9-16-12(8-15)13-2-1-7-17-13/h1-7,12,16H,9H2. The number of hydrogen-bond acceptors (Lipinski definition) is 3. The Hall–Kier alpha value is -1.34. The molecule has 0 radical (unpaired) electrons. The van der Waals surface area contributed by atoms with Crippen molar-refractivity contribution < 1.29 is 0 Å². The number of hydrogen-bond donors (Lipinski definition) is 1. The minimum Gasteiger partial charge on any atom is -0.293 e. The molecular formula is C13H11ClN2S. The van der Waals surface area contributed by atoms with Gasteiger partial charge in [-0.2, -0.15) is 5.26 Å². The van der Waals surface area contributed by atoms with E-state index in [1.807, 2.05) is 41.8 Å². The molecule has 0 amide bonds. The normalized spacial score (nSPS) is 12.0. The quantitative estimate of drug-likeness (QED) is 0.911. The fourth-order valence-corrected chi connectivity index (χ4v) is 2.36. The van der Waals surface area contributed by atoms with Gasteiger partial charge in [-0.15, -0.1) is 11.3 Å². The molecule has 2 aromatic rings. The maximum absolute atomic E-state index is 9.09. The molecule has 1 heterocycles. The number of benzene rings is 1. The Kier molecular flexibility index (Phi) is 4.16. The van der Waals surface area contributed by atoms with Gasteiger partial charge in [0, 0.05) is 16.4 Å². The van der Waals surface area contributed by atoms with E-state index in [1.165, 1.54) is 0 Å². The fraction of sp³-hybridized carbons (Fsp3) is 0.154. The molecule has 0 saturated heterocycles.